The lowest BCUT2D eigenvalue weighted by Crippen LogP contribution is -2.35. The van der Waals surface area contributed by atoms with Gasteiger partial charge in [-0.2, -0.15) is 13.2 Å². The first-order chi connectivity index (χ1) is 22.2. The fourth-order valence-electron chi connectivity index (χ4n) is 5.95. The van der Waals surface area contributed by atoms with E-state index in [0.29, 0.717) is 65.0 Å². The number of piperidine rings is 2. The highest BCUT2D eigenvalue weighted by Crippen LogP contribution is 2.40. The third-order valence-electron chi connectivity index (χ3n) is 8.15. The third-order valence-corrected chi connectivity index (χ3v) is 8.15. The van der Waals surface area contributed by atoms with Gasteiger partial charge in [-0.3, -0.25) is 0 Å². The lowest BCUT2D eigenvalue weighted by molar-refractivity contribution is -0.140. The number of methoxy groups -OCH3 is 1. The molecular formula is C34H48F6N2O4. The fraction of sp³-hybridized carbons (Fsp3) is 0.647. The van der Waals surface area contributed by atoms with Crippen LogP contribution in [0.15, 0.2) is 36.4 Å². The third kappa shape index (κ3) is 12.1. The summed E-state index contributed by atoms with van der Waals surface area (Å²) in [6.45, 7) is 7.50. The van der Waals surface area contributed by atoms with E-state index in [4.69, 9.17) is 18.9 Å². The first-order valence-electron chi connectivity index (χ1n) is 16.2. The average Bonchev–Trinajstić information content (AvgIpc) is 3.05. The van der Waals surface area contributed by atoms with Gasteiger partial charge in [0.1, 0.15) is 5.82 Å². The number of alkyl halides is 3. The van der Waals surface area contributed by atoms with Crippen LogP contribution in [0.3, 0.4) is 0 Å². The normalized spacial score (nSPS) is 20.1. The van der Waals surface area contributed by atoms with Gasteiger partial charge in [0.25, 0.3) is 0 Å². The molecule has 2 fully saturated rings. The van der Waals surface area contributed by atoms with Crippen LogP contribution >= 0.6 is 0 Å². The van der Waals surface area contributed by atoms with Gasteiger partial charge in [-0.25, -0.2) is 13.2 Å². The number of hydrogen-bond acceptors (Lipinski definition) is 6. The van der Waals surface area contributed by atoms with Gasteiger partial charge in [0.15, 0.2) is 11.6 Å². The van der Waals surface area contributed by atoms with Crippen LogP contribution in [0.25, 0.3) is 0 Å². The quantitative estimate of drug-likeness (QED) is 0.118. The molecule has 0 bridgehead atoms. The summed E-state index contributed by atoms with van der Waals surface area (Å²) in [5.74, 6) is -2.94. The zero-order valence-electron chi connectivity index (χ0n) is 26.8. The lowest BCUT2D eigenvalue weighted by atomic mass is 9.87. The predicted molar refractivity (Wildman–Crippen MR) is 164 cm³/mol. The van der Waals surface area contributed by atoms with Crippen LogP contribution in [-0.2, 0) is 25.1 Å². The monoisotopic (exact) mass is 662 g/mol. The molecule has 260 valence electrons. The van der Waals surface area contributed by atoms with Gasteiger partial charge < -0.3 is 29.6 Å². The molecule has 2 heterocycles. The van der Waals surface area contributed by atoms with Gasteiger partial charge in [0.2, 0.25) is 0 Å². The molecule has 0 aliphatic carbocycles. The minimum atomic E-state index is -4.37. The Labute approximate surface area is 268 Å². The molecule has 46 heavy (non-hydrogen) atoms. The minimum Gasteiger partial charge on any atom is -0.385 e. The van der Waals surface area contributed by atoms with Crippen LogP contribution in [0.4, 0.5) is 26.3 Å². The van der Waals surface area contributed by atoms with Crippen molar-refractivity contribution >= 4 is 0 Å². The maximum atomic E-state index is 14.1. The highest BCUT2D eigenvalue weighted by Gasteiger charge is 2.37. The summed E-state index contributed by atoms with van der Waals surface area (Å²) < 4.78 is 103. The van der Waals surface area contributed by atoms with Gasteiger partial charge in [-0.05, 0) is 76.2 Å². The summed E-state index contributed by atoms with van der Waals surface area (Å²) in [4.78, 5) is 0. The zero-order chi connectivity index (χ0) is 33.4. The Bertz CT molecular complexity index is 1140. The maximum absolute atomic E-state index is 14.1. The summed E-state index contributed by atoms with van der Waals surface area (Å²) in [6, 6.07) is 7.35. The molecule has 0 aromatic heterocycles. The van der Waals surface area contributed by atoms with Crippen LogP contribution in [-0.4, -0.2) is 66.3 Å². The molecule has 2 saturated heterocycles. The van der Waals surface area contributed by atoms with E-state index >= 15 is 0 Å². The molecular weight excluding hydrogens is 614 g/mol. The van der Waals surface area contributed by atoms with E-state index in [9.17, 15) is 26.3 Å². The molecule has 0 unspecified atom stereocenters. The Morgan fingerprint density at radius 3 is 1.93 bits per heavy atom. The number of rotatable bonds is 15. The number of halogens is 6. The van der Waals surface area contributed by atoms with Crippen molar-refractivity contribution in [2.24, 2.45) is 11.8 Å². The Balaban J connectivity index is 0.000000250. The van der Waals surface area contributed by atoms with E-state index in [1.807, 2.05) is 6.92 Å². The molecule has 2 aromatic carbocycles. The largest absolute Gasteiger partial charge is 0.416 e. The first kappa shape index (κ1) is 38.2. The van der Waals surface area contributed by atoms with Gasteiger partial charge >= 0.3 is 6.18 Å². The SMILES string of the molecule is CCOCCCO[C@@H](c1cc(F)cc(F)c1F)[C@@H]1CCCNC1.COCCCO[C@@H](c1ccccc1C(F)(F)F)[C@@H]1CCCNC1. The highest BCUT2D eigenvalue weighted by atomic mass is 19.4. The van der Waals surface area contributed by atoms with Crippen molar-refractivity contribution in [3.8, 4) is 0 Å². The second-order valence-corrected chi connectivity index (χ2v) is 11.6. The first-order valence-corrected chi connectivity index (χ1v) is 16.2. The summed E-state index contributed by atoms with van der Waals surface area (Å²) in [7, 11) is 1.60. The number of benzene rings is 2. The molecule has 2 aromatic rings. The molecule has 0 spiro atoms. The molecule has 2 N–H and O–H groups in total. The van der Waals surface area contributed by atoms with E-state index in [0.717, 1.165) is 50.9 Å². The highest BCUT2D eigenvalue weighted by molar-refractivity contribution is 5.32. The second kappa shape index (κ2) is 20.2. The molecule has 2 aliphatic heterocycles. The number of ether oxygens (including phenoxy) is 4. The van der Waals surface area contributed by atoms with Crippen molar-refractivity contribution < 1.29 is 45.3 Å². The Hall–Kier alpha value is -2.22. The van der Waals surface area contributed by atoms with E-state index in [1.54, 1.807) is 19.2 Å². The van der Waals surface area contributed by atoms with E-state index < -0.39 is 41.4 Å². The van der Waals surface area contributed by atoms with E-state index in [2.05, 4.69) is 10.6 Å². The molecule has 0 amide bonds. The molecule has 4 rings (SSSR count). The average molecular weight is 663 g/mol. The molecule has 2 aliphatic rings. The predicted octanol–water partition coefficient (Wildman–Crippen LogP) is 7.39. The zero-order valence-corrected chi connectivity index (χ0v) is 26.8. The minimum absolute atomic E-state index is 0.00783. The summed E-state index contributed by atoms with van der Waals surface area (Å²) in [5.41, 5.74) is -0.388. The van der Waals surface area contributed by atoms with E-state index in [1.165, 1.54) is 6.07 Å². The van der Waals surface area contributed by atoms with Gasteiger partial charge in [0.05, 0.1) is 17.8 Å². The van der Waals surface area contributed by atoms with Crippen LogP contribution in [0, 0.1) is 29.3 Å². The second-order valence-electron chi connectivity index (χ2n) is 11.6. The smallest absolute Gasteiger partial charge is 0.385 e. The van der Waals surface area contributed by atoms with Crippen LogP contribution in [0.1, 0.15) is 74.3 Å². The van der Waals surface area contributed by atoms with Crippen molar-refractivity contribution in [1.29, 1.82) is 0 Å². The summed E-state index contributed by atoms with van der Waals surface area (Å²) in [5, 5.41) is 6.49. The standard InChI is InChI=1S/2C17H24F3NO2/c1-22-10-5-11-23-16(13-6-4-9-21-12-13)14-7-2-3-8-15(14)17(18,19)20;1-2-22-7-4-8-23-17(12-5-3-6-21-11-12)14-9-13(18)10-15(19)16(14)20/h2-3,7-8,13,16,21H,4-6,9-12H2,1H3;9-10,12,17,21H,2-8,11H2,1H3/t13-,16-;12-,17-/m11/s1. The number of hydrogen-bond donors (Lipinski definition) is 2. The molecule has 6 nitrogen and oxygen atoms in total. The van der Waals surface area contributed by atoms with Crippen LogP contribution < -0.4 is 10.6 Å². The molecule has 12 heteroatoms. The summed E-state index contributed by atoms with van der Waals surface area (Å²) >= 11 is 0. The topological polar surface area (TPSA) is 61.0 Å². The summed E-state index contributed by atoms with van der Waals surface area (Å²) in [6.07, 6.45) is -0.654. The van der Waals surface area contributed by atoms with Gasteiger partial charge in [-0.1, -0.05) is 18.2 Å². The van der Waals surface area contributed by atoms with Crippen molar-refractivity contribution in [2.45, 2.75) is 63.8 Å². The van der Waals surface area contributed by atoms with E-state index in [-0.39, 0.29) is 23.0 Å². The Morgan fingerprint density at radius 2 is 1.39 bits per heavy atom. The molecule has 0 radical (unpaired) electrons. The van der Waals surface area contributed by atoms with Crippen LogP contribution in [0.2, 0.25) is 0 Å². The Kier molecular flexibility index (Phi) is 16.8. The van der Waals surface area contributed by atoms with Crippen LogP contribution in [0.5, 0.6) is 0 Å². The maximum Gasteiger partial charge on any atom is 0.416 e. The van der Waals surface area contributed by atoms with Crippen molar-refractivity contribution in [3.05, 3.63) is 70.5 Å². The van der Waals surface area contributed by atoms with Crippen molar-refractivity contribution in [2.75, 3.05) is 66.3 Å². The fourth-order valence-corrected chi connectivity index (χ4v) is 5.95. The van der Waals surface area contributed by atoms with Crippen molar-refractivity contribution in [3.63, 3.8) is 0 Å². The van der Waals surface area contributed by atoms with Gasteiger partial charge in [-0.15, -0.1) is 0 Å². The molecule has 0 saturated carbocycles. The Morgan fingerprint density at radius 1 is 0.804 bits per heavy atom. The molecule has 4 atom stereocenters. The van der Waals surface area contributed by atoms with Crippen molar-refractivity contribution in [1.82, 2.24) is 10.6 Å². The lowest BCUT2D eigenvalue weighted by Gasteiger charge is -2.32. The number of nitrogens with one attached hydrogen (secondary N) is 2. The van der Waals surface area contributed by atoms with Gasteiger partial charge in [0, 0.05) is 76.7 Å².